The summed E-state index contributed by atoms with van der Waals surface area (Å²) in [7, 11) is 0. The molecule has 146 valence electrons. The van der Waals surface area contributed by atoms with Crippen molar-refractivity contribution in [1.29, 1.82) is 0 Å². The van der Waals surface area contributed by atoms with Gasteiger partial charge in [0.2, 0.25) is 0 Å². The first-order chi connectivity index (χ1) is 13.2. The van der Waals surface area contributed by atoms with Crippen molar-refractivity contribution in [2.45, 2.75) is 24.5 Å². The maximum Gasteiger partial charge on any atom is 0.442 e. The largest absolute Gasteiger partial charge is 0.442 e. The molecule has 1 atom stereocenters. The van der Waals surface area contributed by atoms with Crippen molar-refractivity contribution in [3.63, 3.8) is 0 Å². The molecule has 0 spiro atoms. The fourth-order valence-corrected chi connectivity index (χ4v) is 3.45. The van der Waals surface area contributed by atoms with Gasteiger partial charge in [0, 0.05) is 11.3 Å². The number of nitrogens with one attached hydrogen (secondary N) is 2. The number of rotatable bonds is 4. The first kappa shape index (κ1) is 19.9. The summed E-state index contributed by atoms with van der Waals surface area (Å²) in [5.74, 6) is -2.15. The minimum Gasteiger partial charge on any atom is -0.312 e. The Bertz CT molecular complexity index is 932. The average Bonchev–Trinajstić information content (AvgIpc) is 2.97. The molecule has 9 heteroatoms. The van der Waals surface area contributed by atoms with Crippen LogP contribution in [0.15, 0.2) is 59.6 Å². The van der Waals surface area contributed by atoms with Gasteiger partial charge >= 0.3 is 11.8 Å². The number of hydrogen-bond donors (Lipinski definition) is 2. The van der Waals surface area contributed by atoms with Crippen LogP contribution < -0.4 is 10.6 Å². The normalized spacial score (nSPS) is 19.1. The SMILES string of the molecule is Cc1cccc(C(=O)N[C@@]2(C(F)(F)F)N=C(SCc3ccccc3)NC2=O)c1. The zero-order valence-corrected chi connectivity index (χ0v) is 15.5. The number of amidine groups is 1. The van der Waals surface area contributed by atoms with Crippen LogP contribution >= 0.6 is 11.8 Å². The van der Waals surface area contributed by atoms with Crippen molar-refractivity contribution in [2.24, 2.45) is 4.99 Å². The number of halogens is 3. The number of hydrogen-bond acceptors (Lipinski definition) is 4. The topological polar surface area (TPSA) is 70.6 Å². The Morgan fingerprint density at radius 3 is 2.54 bits per heavy atom. The van der Waals surface area contributed by atoms with Crippen LogP contribution in [0.2, 0.25) is 0 Å². The molecule has 0 aliphatic carbocycles. The standard InChI is InChI=1S/C19H16F3N3O2S/c1-12-6-5-9-14(10-12)15(26)24-18(19(20,21)22)16(27)23-17(25-18)28-11-13-7-3-2-4-8-13/h2-10H,11H2,1H3,(H,24,26)(H,23,25,27)/t18-/m1/s1. The Morgan fingerprint density at radius 1 is 1.18 bits per heavy atom. The van der Waals surface area contributed by atoms with E-state index in [1.54, 1.807) is 48.6 Å². The maximum absolute atomic E-state index is 13.8. The number of carbonyl (C=O) groups excluding carboxylic acids is 2. The third kappa shape index (κ3) is 4.04. The average molecular weight is 407 g/mol. The molecule has 0 bridgehead atoms. The molecule has 2 aromatic rings. The van der Waals surface area contributed by atoms with Gasteiger partial charge in [0.1, 0.15) is 0 Å². The summed E-state index contributed by atoms with van der Waals surface area (Å²) in [6.07, 6.45) is -5.11. The Labute approximate surface area is 163 Å². The summed E-state index contributed by atoms with van der Waals surface area (Å²) in [4.78, 5) is 28.1. The fraction of sp³-hybridized carbons (Fsp3) is 0.211. The summed E-state index contributed by atoms with van der Waals surface area (Å²) in [5, 5.41) is 3.71. The zero-order chi connectivity index (χ0) is 20.4. The van der Waals surface area contributed by atoms with Crippen molar-refractivity contribution in [3.8, 4) is 0 Å². The lowest BCUT2D eigenvalue weighted by molar-refractivity contribution is -0.192. The minimum atomic E-state index is -5.11. The van der Waals surface area contributed by atoms with E-state index in [4.69, 9.17) is 0 Å². The van der Waals surface area contributed by atoms with Crippen LogP contribution in [0.4, 0.5) is 13.2 Å². The number of thioether (sulfide) groups is 1. The lowest BCUT2D eigenvalue weighted by Crippen LogP contribution is -2.63. The third-order valence-corrected chi connectivity index (χ3v) is 4.97. The van der Waals surface area contributed by atoms with Crippen molar-refractivity contribution in [1.82, 2.24) is 10.6 Å². The molecule has 1 aliphatic rings. The summed E-state index contributed by atoms with van der Waals surface area (Å²) in [6, 6.07) is 15.1. The van der Waals surface area contributed by atoms with E-state index in [0.717, 1.165) is 17.3 Å². The minimum absolute atomic E-state index is 0.0111. The number of alkyl halides is 3. The highest BCUT2D eigenvalue weighted by atomic mass is 32.2. The van der Waals surface area contributed by atoms with E-state index in [9.17, 15) is 22.8 Å². The van der Waals surface area contributed by atoms with E-state index in [0.29, 0.717) is 11.3 Å². The predicted octanol–water partition coefficient (Wildman–Crippen LogP) is 3.40. The second-order valence-electron chi connectivity index (χ2n) is 6.18. The van der Waals surface area contributed by atoms with Crippen molar-refractivity contribution in [2.75, 3.05) is 0 Å². The van der Waals surface area contributed by atoms with Crippen LogP contribution in [0.3, 0.4) is 0 Å². The van der Waals surface area contributed by atoms with Crippen LogP contribution in [0.1, 0.15) is 21.5 Å². The second kappa shape index (κ2) is 7.67. The van der Waals surface area contributed by atoms with Gasteiger partial charge < -0.3 is 10.6 Å². The summed E-state index contributed by atoms with van der Waals surface area (Å²) in [6.45, 7) is 1.70. The molecule has 0 radical (unpaired) electrons. The molecule has 0 saturated heterocycles. The van der Waals surface area contributed by atoms with Gasteiger partial charge in [-0.3, -0.25) is 9.59 Å². The van der Waals surface area contributed by atoms with Crippen LogP contribution in [0.5, 0.6) is 0 Å². The van der Waals surface area contributed by atoms with Gasteiger partial charge in [-0.05, 0) is 24.6 Å². The highest BCUT2D eigenvalue weighted by molar-refractivity contribution is 8.13. The highest BCUT2D eigenvalue weighted by Gasteiger charge is 2.65. The summed E-state index contributed by atoms with van der Waals surface area (Å²) < 4.78 is 41.3. The number of benzene rings is 2. The molecule has 0 unspecified atom stereocenters. The van der Waals surface area contributed by atoms with Crippen LogP contribution in [-0.4, -0.2) is 28.8 Å². The van der Waals surface area contributed by atoms with Gasteiger partial charge in [0.05, 0.1) is 0 Å². The predicted molar refractivity (Wildman–Crippen MR) is 101 cm³/mol. The molecule has 2 aromatic carbocycles. The Balaban J connectivity index is 1.85. The van der Waals surface area contributed by atoms with Gasteiger partial charge in [-0.25, -0.2) is 4.99 Å². The number of carbonyl (C=O) groups is 2. The second-order valence-corrected chi connectivity index (χ2v) is 7.14. The maximum atomic E-state index is 13.8. The zero-order valence-electron chi connectivity index (χ0n) is 14.7. The molecule has 3 rings (SSSR count). The quantitative estimate of drug-likeness (QED) is 0.816. The molecule has 28 heavy (non-hydrogen) atoms. The van der Waals surface area contributed by atoms with Gasteiger partial charge in [-0.2, -0.15) is 13.2 Å². The van der Waals surface area contributed by atoms with E-state index in [2.05, 4.69) is 10.3 Å². The first-order valence-corrected chi connectivity index (χ1v) is 9.24. The van der Waals surface area contributed by atoms with Crippen LogP contribution in [0, 0.1) is 6.92 Å². The summed E-state index contributed by atoms with van der Waals surface area (Å²) in [5.41, 5.74) is -1.78. The van der Waals surface area contributed by atoms with Gasteiger partial charge in [-0.15, -0.1) is 0 Å². The van der Waals surface area contributed by atoms with Crippen LogP contribution in [-0.2, 0) is 10.5 Å². The van der Waals surface area contributed by atoms with Crippen molar-refractivity contribution >= 4 is 28.7 Å². The third-order valence-electron chi connectivity index (χ3n) is 4.02. The molecular formula is C19H16F3N3O2S. The molecular weight excluding hydrogens is 391 g/mol. The van der Waals surface area contributed by atoms with E-state index >= 15 is 0 Å². The Morgan fingerprint density at radius 2 is 1.89 bits per heavy atom. The van der Waals surface area contributed by atoms with E-state index in [1.807, 2.05) is 6.07 Å². The fourth-order valence-electron chi connectivity index (χ4n) is 2.58. The van der Waals surface area contributed by atoms with E-state index < -0.39 is 23.7 Å². The Kier molecular flexibility index (Phi) is 5.46. The van der Waals surface area contributed by atoms with Gasteiger partial charge in [0.25, 0.3) is 11.8 Å². The number of aliphatic imine (C=N–C) groups is 1. The smallest absolute Gasteiger partial charge is 0.312 e. The number of aryl methyl sites for hydroxylation is 1. The van der Waals surface area contributed by atoms with Crippen molar-refractivity contribution < 1.29 is 22.8 Å². The summed E-state index contributed by atoms with van der Waals surface area (Å²) >= 11 is 0.951. The molecule has 0 aromatic heterocycles. The monoisotopic (exact) mass is 407 g/mol. The Hall–Kier alpha value is -2.81. The van der Waals surface area contributed by atoms with E-state index in [-0.39, 0.29) is 10.7 Å². The van der Waals surface area contributed by atoms with Crippen molar-refractivity contribution in [3.05, 3.63) is 71.3 Å². The molecule has 5 nitrogen and oxygen atoms in total. The molecule has 2 amide bonds. The van der Waals surface area contributed by atoms with Gasteiger partial charge in [0.15, 0.2) is 5.17 Å². The number of amides is 2. The lowest BCUT2D eigenvalue weighted by atomic mass is 10.1. The molecule has 1 heterocycles. The van der Waals surface area contributed by atoms with Crippen LogP contribution in [0.25, 0.3) is 0 Å². The highest BCUT2D eigenvalue weighted by Crippen LogP contribution is 2.36. The first-order valence-electron chi connectivity index (χ1n) is 8.25. The number of nitrogens with zero attached hydrogens (tertiary/aromatic N) is 1. The molecule has 1 aliphatic heterocycles. The molecule has 0 saturated carbocycles. The molecule has 0 fully saturated rings. The lowest BCUT2D eigenvalue weighted by Gasteiger charge is -2.27. The van der Waals surface area contributed by atoms with Gasteiger partial charge in [-0.1, -0.05) is 59.8 Å². The van der Waals surface area contributed by atoms with E-state index in [1.165, 1.54) is 12.1 Å². The molecule has 2 N–H and O–H groups in total.